The van der Waals surface area contributed by atoms with Gasteiger partial charge in [0.05, 0.1) is 0 Å². The Morgan fingerprint density at radius 1 is 1.11 bits per heavy atom. The standard InChI is InChI=1S/C15H26N2S/c1-4-13-5-7-14(8-6-13)9-15(17-16)11-18-10-12(2)3/h5-8,12,15,17H,4,9-11,16H2,1-3H3. The summed E-state index contributed by atoms with van der Waals surface area (Å²) in [5, 5.41) is 0. The third-order valence-electron chi connectivity index (χ3n) is 2.92. The van der Waals surface area contributed by atoms with Gasteiger partial charge in [-0.15, -0.1) is 0 Å². The fourth-order valence-electron chi connectivity index (χ4n) is 1.81. The van der Waals surface area contributed by atoms with Crippen LogP contribution in [0.3, 0.4) is 0 Å². The number of rotatable bonds is 8. The second-order valence-electron chi connectivity index (χ2n) is 5.17. The van der Waals surface area contributed by atoms with Crippen molar-refractivity contribution in [2.75, 3.05) is 11.5 Å². The quantitative estimate of drug-likeness (QED) is 0.561. The van der Waals surface area contributed by atoms with E-state index in [-0.39, 0.29) is 0 Å². The Hall–Kier alpha value is -0.510. The van der Waals surface area contributed by atoms with Crippen molar-refractivity contribution in [3.63, 3.8) is 0 Å². The van der Waals surface area contributed by atoms with Gasteiger partial charge in [0.2, 0.25) is 0 Å². The average molecular weight is 266 g/mol. The lowest BCUT2D eigenvalue weighted by Crippen LogP contribution is -2.38. The highest BCUT2D eigenvalue weighted by molar-refractivity contribution is 7.99. The lowest BCUT2D eigenvalue weighted by Gasteiger charge is -2.16. The molecule has 3 N–H and O–H groups in total. The van der Waals surface area contributed by atoms with Gasteiger partial charge in [0, 0.05) is 11.8 Å². The highest BCUT2D eigenvalue weighted by Gasteiger charge is 2.08. The fraction of sp³-hybridized carbons (Fsp3) is 0.600. The van der Waals surface area contributed by atoms with Crippen LogP contribution in [0.1, 0.15) is 31.9 Å². The number of nitrogens with two attached hydrogens (primary N) is 1. The largest absolute Gasteiger partial charge is 0.271 e. The van der Waals surface area contributed by atoms with Crippen LogP contribution >= 0.6 is 11.8 Å². The van der Waals surface area contributed by atoms with Crippen molar-refractivity contribution in [2.45, 2.75) is 39.7 Å². The van der Waals surface area contributed by atoms with Crippen molar-refractivity contribution in [1.82, 2.24) is 5.43 Å². The molecular weight excluding hydrogens is 240 g/mol. The molecule has 0 bridgehead atoms. The van der Waals surface area contributed by atoms with Crippen LogP contribution < -0.4 is 11.3 Å². The molecule has 0 radical (unpaired) electrons. The molecule has 0 heterocycles. The van der Waals surface area contributed by atoms with Crippen LogP contribution in [0.4, 0.5) is 0 Å². The minimum atomic E-state index is 0.362. The van der Waals surface area contributed by atoms with Gasteiger partial charge >= 0.3 is 0 Å². The van der Waals surface area contributed by atoms with Crippen molar-refractivity contribution in [2.24, 2.45) is 11.8 Å². The molecule has 2 nitrogen and oxygen atoms in total. The summed E-state index contributed by atoms with van der Waals surface area (Å²) in [6, 6.07) is 9.22. The van der Waals surface area contributed by atoms with E-state index < -0.39 is 0 Å². The first-order valence-electron chi connectivity index (χ1n) is 6.77. The summed E-state index contributed by atoms with van der Waals surface area (Å²) in [5.41, 5.74) is 5.69. The van der Waals surface area contributed by atoms with Crippen LogP contribution in [0.2, 0.25) is 0 Å². The van der Waals surface area contributed by atoms with Crippen LogP contribution in [0.15, 0.2) is 24.3 Å². The SMILES string of the molecule is CCc1ccc(CC(CSCC(C)C)NN)cc1. The van der Waals surface area contributed by atoms with Crippen LogP contribution in [-0.2, 0) is 12.8 Å². The average Bonchev–Trinajstić information content (AvgIpc) is 2.38. The zero-order valence-electron chi connectivity index (χ0n) is 11.8. The van der Waals surface area contributed by atoms with Gasteiger partial charge in [-0.1, -0.05) is 45.0 Å². The monoisotopic (exact) mass is 266 g/mol. The normalized spacial score (nSPS) is 12.9. The molecule has 3 heteroatoms. The molecule has 0 fully saturated rings. The Balaban J connectivity index is 2.41. The number of thioether (sulfide) groups is 1. The Morgan fingerprint density at radius 3 is 2.22 bits per heavy atom. The van der Waals surface area contributed by atoms with E-state index in [4.69, 9.17) is 5.84 Å². The topological polar surface area (TPSA) is 38.0 Å². The van der Waals surface area contributed by atoms with E-state index in [0.717, 1.165) is 24.5 Å². The zero-order valence-corrected chi connectivity index (χ0v) is 12.6. The van der Waals surface area contributed by atoms with E-state index in [1.54, 1.807) is 0 Å². The highest BCUT2D eigenvalue weighted by Crippen LogP contribution is 2.13. The van der Waals surface area contributed by atoms with E-state index in [2.05, 4.69) is 50.5 Å². The minimum Gasteiger partial charge on any atom is -0.271 e. The predicted molar refractivity (Wildman–Crippen MR) is 82.8 cm³/mol. The van der Waals surface area contributed by atoms with E-state index in [9.17, 15) is 0 Å². The van der Waals surface area contributed by atoms with Gasteiger partial charge in [-0.2, -0.15) is 11.8 Å². The Morgan fingerprint density at radius 2 is 1.72 bits per heavy atom. The summed E-state index contributed by atoms with van der Waals surface area (Å²) in [6.07, 6.45) is 2.11. The number of aryl methyl sites for hydroxylation is 1. The van der Waals surface area contributed by atoms with Crippen LogP contribution in [0.25, 0.3) is 0 Å². The van der Waals surface area contributed by atoms with Gasteiger partial charge in [-0.05, 0) is 35.6 Å². The van der Waals surface area contributed by atoms with Gasteiger partial charge < -0.3 is 0 Å². The first kappa shape index (κ1) is 15.5. The smallest absolute Gasteiger partial charge is 0.0341 e. The van der Waals surface area contributed by atoms with Gasteiger partial charge in [-0.25, -0.2) is 0 Å². The second kappa shape index (κ2) is 8.57. The van der Waals surface area contributed by atoms with Crippen molar-refractivity contribution in [3.05, 3.63) is 35.4 Å². The maximum atomic E-state index is 5.63. The number of nitrogens with one attached hydrogen (secondary N) is 1. The molecule has 0 saturated heterocycles. The number of hydrazine groups is 1. The predicted octanol–water partition coefficient (Wildman–Crippen LogP) is 3.01. The number of hydrogen-bond donors (Lipinski definition) is 2. The molecule has 0 aliphatic carbocycles. The van der Waals surface area contributed by atoms with Gasteiger partial charge in [0.15, 0.2) is 0 Å². The zero-order chi connectivity index (χ0) is 13.4. The van der Waals surface area contributed by atoms with Crippen molar-refractivity contribution >= 4 is 11.8 Å². The van der Waals surface area contributed by atoms with Gasteiger partial charge in [0.1, 0.15) is 0 Å². The lowest BCUT2D eigenvalue weighted by molar-refractivity contribution is 0.574. The molecule has 1 unspecified atom stereocenters. The maximum absolute atomic E-state index is 5.63. The van der Waals surface area contributed by atoms with E-state index in [1.807, 2.05) is 11.8 Å². The maximum Gasteiger partial charge on any atom is 0.0341 e. The molecule has 0 spiro atoms. The van der Waals surface area contributed by atoms with Crippen molar-refractivity contribution in [3.8, 4) is 0 Å². The Labute approximate surface area is 116 Å². The second-order valence-corrected chi connectivity index (χ2v) is 6.24. The lowest BCUT2D eigenvalue weighted by atomic mass is 10.0. The first-order chi connectivity index (χ1) is 8.65. The van der Waals surface area contributed by atoms with E-state index in [0.29, 0.717) is 6.04 Å². The summed E-state index contributed by atoms with van der Waals surface area (Å²) in [7, 11) is 0. The Kier molecular flexibility index (Phi) is 7.40. The van der Waals surface area contributed by atoms with Crippen molar-refractivity contribution in [1.29, 1.82) is 0 Å². The fourth-order valence-corrected chi connectivity index (χ4v) is 2.91. The summed E-state index contributed by atoms with van der Waals surface area (Å²) in [6.45, 7) is 6.69. The molecular formula is C15H26N2S. The molecule has 1 atom stereocenters. The third kappa shape index (κ3) is 5.89. The molecule has 0 aliphatic heterocycles. The van der Waals surface area contributed by atoms with Gasteiger partial charge in [0.25, 0.3) is 0 Å². The van der Waals surface area contributed by atoms with Crippen molar-refractivity contribution < 1.29 is 0 Å². The first-order valence-corrected chi connectivity index (χ1v) is 7.92. The van der Waals surface area contributed by atoms with Crippen LogP contribution in [-0.4, -0.2) is 17.5 Å². The van der Waals surface area contributed by atoms with Crippen LogP contribution in [0.5, 0.6) is 0 Å². The number of hydrogen-bond acceptors (Lipinski definition) is 3. The Bertz CT molecular complexity index is 322. The summed E-state index contributed by atoms with van der Waals surface area (Å²) in [4.78, 5) is 0. The molecule has 1 aromatic rings. The molecule has 0 aromatic heterocycles. The third-order valence-corrected chi connectivity index (χ3v) is 4.46. The molecule has 1 rings (SSSR count). The molecule has 0 aliphatic rings. The van der Waals surface area contributed by atoms with E-state index >= 15 is 0 Å². The minimum absolute atomic E-state index is 0.362. The molecule has 102 valence electrons. The van der Waals surface area contributed by atoms with Crippen LogP contribution in [0, 0.1) is 5.92 Å². The molecule has 0 amide bonds. The summed E-state index contributed by atoms with van der Waals surface area (Å²) < 4.78 is 0. The molecule has 18 heavy (non-hydrogen) atoms. The van der Waals surface area contributed by atoms with Gasteiger partial charge in [-0.3, -0.25) is 11.3 Å². The van der Waals surface area contributed by atoms with E-state index in [1.165, 1.54) is 16.9 Å². The highest BCUT2D eigenvalue weighted by atomic mass is 32.2. The molecule has 0 saturated carbocycles. The summed E-state index contributed by atoms with van der Waals surface area (Å²) >= 11 is 1.98. The number of benzene rings is 1. The summed E-state index contributed by atoms with van der Waals surface area (Å²) in [5.74, 6) is 8.65. The molecule has 1 aromatic carbocycles.